The summed E-state index contributed by atoms with van der Waals surface area (Å²) in [7, 11) is 0. The molecule has 0 aliphatic carbocycles. The predicted molar refractivity (Wildman–Crippen MR) is 108 cm³/mol. The first-order valence-electron chi connectivity index (χ1n) is 8.47. The van der Waals surface area contributed by atoms with E-state index in [1.165, 1.54) is 0 Å². The van der Waals surface area contributed by atoms with E-state index in [9.17, 15) is 9.59 Å². The van der Waals surface area contributed by atoms with Gasteiger partial charge in [-0.2, -0.15) is 4.98 Å². The van der Waals surface area contributed by atoms with E-state index in [1.54, 1.807) is 65.5 Å². The van der Waals surface area contributed by atoms with Gasteiger partial charge in [0.25, 0.3) is 5.56 Å². The number of rotatable bonds is 4. The zero-order chi connectivity index (χ0) is 19.7. The monoisotopic (exact) mass is 412 g/mol. The number of pyridine rings is 2. The highest BCUT2D eigenvalue weighted by molar-refractivity contribution is 6.35. The minimum Gasteiger partial charge on any atom is -0.328 e. The van der Waals surface area contributed by atoms with Gasteiger partial charge in [0.2, 0.25) is 0 Å². The van der Waals surface area contributed by atoms with Crippen molar-refractivity contribution in [1.29, 1.82) is 0 Å². The Morgan fingerprint density at radius 3 is 2.57 bits per heavy atom. The molecule has 0 bridgehead atoms. The minimum absolute atomic E-state index is 0.0688. The average molecular weight is 413 g/mol. The van der Waals surface area contributed by atoms with E-state index in [0.29, 0.717) is 33.7 Å². The van der Waals surface area contributed by atoms with Gasteiger partial charge in [-0.15, -0.1) is 0 Å². The van der Waals surface area contributed by atoms with Crippen LogP contribution in [0.15, 0.2) is 70.5 Å². The number of benzene rings is 1. The molecule has 140 valence electrons. The molecule has 2 aliphatic rings. The SMILES string of the molecule is O=c1nc2n(Cc3ccc(Cl)cc3Cl)cccc-2c(=O)n1Cc1ccccn1. The first-order valence-corrected chi connectivity index (χ1v) is 9.22. The van der Waals surface area contributed by atoms with Crippen LogP contribution in [0.3, 0.4) is 0 Å². The molecule has 1 aromatic carbocycles. The molecule has 0 unspecified atom stereocenters. The van der Waals surface area contributed by atoms with E-state index >= 15 is 0 Å². The summed E-state index contributed by atoms with van der Waals surface area (Å²) in [5, 5.41) is 1.04. The Morgan fingerprint density at radius 1 is 0.964 bits per heavy atom. The van der Waals surface area contributed by atoms with Crippen molar-refractivity contribution in [3.8, 4) is 11.4 Å². The van der Waals surface area contributed by atoms with Crippen molar-refractivity contribution in [3.05, 3.63) is 103 Å². The Kier molecular flexibility index (Phi) is 4.98. The molecule has 0 saturated heterocycles. The van der Waals surface area contributed by atoms with Gasteiger partial charge >= 0.3 is 5.69 Å². The number of hydrogen-bond donors (Lipinski definition) is 0. The molecule has 0 N–H and O–H groups in total. The van der Waals surface area contributed by atoms with Crippen molar-refractivity contribution in [3.63, 3.8) is 0 Å². The molecule has 6 nitrogen and oxygen atoms in total. The fourth-order valence-corrected chi connectivity index (χ4v) is 3.44. The van der Waals surface area contributed by atoms with E-state index in [1.807, 2.05) is 0 Å². The van der Waals surface area contributed by atoms with Gasteiger partial charge in [-0.3, -0.25) is 14.3 Å². The van der Waals surface area contributed by atoms with Gasteiger partial charge < -0.3 is 4.57 Å². The highest BCUT2D eigenvalue weighted by Gasteiger charge is 2.18. The van der Waals surface area contributed by atoms with Gasteiger partial charge in [-0.05, 0) is 42.0 Å². The maximum atomic E-state index is 12.9. The molecular weight excluding hydrogens is 399 g/mol. The molecule has 2 aliphatic heterocycles. The molecule has 0 atom stereocenters. The predicted octanol–water partition coefficient (Wildman–Crippen LogP) is 3.31. The summed E-state index contributed by atoms with van der Waals surface area (Å²) in [6, 6.07) is 13.9. The Labute approximate surface area is 170 Å². The number of fused-ring (bicyclic) bond motifs is 1. The van der Waals surface area contributed by atoms with E-state index < -0.39 is 11.2 Å². The lowest BCUT2D eigenvalue weighted by molar-refractivity contribution is 0.668. The van der Waals surface area contributed by atoms with Gasteiger partial charge in [0.1, 0.15) is 0 Å². The molecule has 0 spiro atoms. The van der Waals surface area contributed by atoms with Crippen molar-refractivity contribution in [2.75, 3.05) is 0 Å². The minimum atomic E-state index is -0.620. The maximum Gasteiger partial charge on any atom is 0.352 e. The molecule has 28 heavy (non-hydrogen) atoms. The van der Waals surface area contributed by atoms with Gasteiger partial charge in [0.15, 0.2) is 5.82 Å². The third-order valence-electron chi connectivity index (χ3n) is 4.35. The van der Waals surface area contributed by atoms with Crippen LogP contribution in [-0.4, -0.2) is 19.1 Å². The van der Waals surface area contributed by atoms with Crippen LogP contribution >= 0.6 is 23.2 Å². The van der Waals surface area contributed by atoms with Crippen LogP contribution in [0.1, 0.15) is 11.3 Å². The maximum absolute atomic E-state index is 12.9. The average Bonchev–Trinajstić information content (AvgIpc) is 2.69. The molecule has 8 heteroatoms. The van der Waals surface area contributed by atoms with E-state index in [4.69, 9.17) is 23.2 Å². The second-order valence-electron chi connectivity index (χ2n) is 6.22. The topological polar surface area (TPSA) is 69.8 Å². The van der Waals surface area contributed by atoms with Crippen molar-refractivity contribution in [2.24, 2.45) is 0 Å². The number of hydrogen-bond acceptors (Lipinski definition) is 4. The second-order valence-corrected chi connectivity index (χ2v) is 7.06. The Hall–Kier alpha value is -2.96. The second kappa shape index (κ2) is 7.58. The Morgan fingerprint density at radius 2 is 1.82 bits per heavy atom. The molecule has 2 aromatic rings. The molecule has 3 heterocycles. The summed E-state index contributed by atoms with van der Waals surface area (Å²) in [5.74, 6) is 0.306. The number of aromatic nitrogens is 4. The summed E-state index contributed by atoms with van der Waals surface area (Å²) in [6.07, 6.45) is 3.37. The quantitative estimate of drug-likeness (QED) is 0.515. The smallest absolute Gasteiger partial charge is 0.328 e. The first-order chi connectivity index (χ1) is 13.5. The van der Waals surface area contributed by atoms with Gasteiger partial charge in [0, 0.05) is 22.4 Å². The lowest BCUT2D eigenvalue weighted by Gasteiger charge is -2.16. The Balaban J connectivity index is 1.79. The van der Waals surface area contributed by atoms with E-state index in [2.05, 4.69) is 9.97 Å². The van der Waals surface area contributed by atoms with E-state index in [0.717, 1.165) is 10.1 Å². The lowest BCUT2D eigenvalue weighted by Crippen LogP contribution is -2.38. The summed E-state index contributed by atoms with van der Waals surface area (Å²) in [4.78, 5) is 33.8. The summed E-state index contributed by atoms with van der Waals surface area (Å²) >= 11 is 12.2. The highest BCUT2D eigenvalue weighted by Crippen LogP contribution is 2.23. The van der Waals surface area contributed by atoms with Crippen LogP contribution in [0.4, 0.5) is 0 Å². The number of nitrogens with zero attached hydrogens (tertiary/aromatic N) is 4. The fourth-order valence-electron chi connectivity index (χ4n) is 2.97. The van der Waals surface area contributed by atoms with Crippen LogP contribution in [0.2, 0.25) is 10.0 Å². The summed E-state index contributed by atoms with van der Waals surface area (Å²) in [6.45, 7) is 0.419. The zero-order valence-corrected chi connectivity index (χ0v) is 16.1. The summed E-state index contributed by atoms with van der Waals surface area (Å²) < 4.78 is 2.81. The number of halogens is 2. The van der Waals surface area contributed by atoms with Gasteiger partial charge in [0.05, 0.1) is 24.3 Å². The van der Waals surface area contributed by atoms with Crippen LogP contribution in [-0.2, 0) is 13.1 Å². The normalized spacial score (nSPS) is 11.1. The van der Waals surface area contributed by atoms with Crippen molar-refractivity contribution < 1.29 is 0 Å². The third-order valence-corrected chi connectivity index (χ3v) is 4.94. The van der Waals surface area contributed by atoms with Gasteiger partial charge in [-0.1, -0.05) is 35.3 Å². The highest BCUT2D eigenvalue weighted by atomic mass is 35.5. The summed E-state index contributed by atoms with van der Waals surface area (Å²) in [5.41, 5.74) is 0.737. The molecule has 4 rings (SSSR count). The van der Waals surface area contributed by atoms with Crippen LogP contribution < -0.4 is 11.2 Å². The standard InChI is InChI=1S/C20H14Cl2N4O2/c21-14-7-6-13(17(22)10-14)11-25-9-3-5-16-18(25)24-20(28)26(19(16)27)12-15-4-1-2-8-23-15/h1-10H,11-12H2. The van der Waals surface area contributed by atoms with Crippen LogP contribution in [0.5, 0.6) is 0 Å². The first kappa shape index (κ1) is 18.4. The van der Waals surface area contributed by atoms with Crippen LogP contribution in [0.25, 0.3) is 11.4 Å². The molecule has 0 fully saturated rings. The Bertz CT molecular complexity index is 1240. The molecule has 1 aromatic heterocycles. The molecular formula is C20H14Cl2N4O2. The largest absolute Gasteiger partial charge is 0.352 e. The van der Waals surface area contributed by atoms with Crippen molar-refractivity contribution in [2.45, 2.75) is 13.1 Å². The lowest BCUT2D eigenvalue weighted by atomic mass is 10.2. The van der Waals surface area contributed by atoms with Crippen LogP contribution in [0, 0.1) is 0 Å². The zero-order valence-electron chi connectivity index (χ0n) is 14.5. The van der Waals surface area contributed by atoms with E-state index in [-0.39, 0.29) is 6.54 Å². The molecule has 0 saturated carbocycles. The molecule has 0 amide bonds. The fraction of sp³-hybridized carbons (Fsp3) is 0.100. The van der Waals surface area contributed by atoms with Crippen molar-refractivity contribution in [1.82, 2.24) is 19.1 Å². The molecule has 0 radical (unpaired) electrons. The van der Waals surface area contributed by atoms with Gasteiger partial charge in [-0.25, -0.2) is 4.79 Å². The van der Waals surface area contributed by atoms with Crippen molar-refractivity contribution >= 4 is 23.2 Å². The third kappa shape index (κ3) is 3.56.